The second-order valence-electron chi connectivity index (χ2n) is 6.83. The van der Waals surface area contributed by atoms with Crippen LogP contribution in [0.3, 0.4) is 0 Å². The Morgan fingerprint density at radius 1 is 1.06 bits per heavy atom. The van der Waals surface area contributed by atoms with Crippen molar-refractivity contribution in [3.05, 3.63) is 35.9 Å². The molecule has 0 aromatic heterocycles. The average Bonchev–Trinajstić information content (AvgIpc) is 2.78. The van der Waals surface area contributed by atoms with Gasteiger partial charge >= 0.3 is 17.9 Å². The first-order valence-corrected chi connectivity index (χ1v) is 11.0. The molecule has 0 aliphatic rings. The molecule has 0 saturated heterocycles. The quantitative estimate of drug-likeness (QED) is 0.236. The molecule has 4 atom stereocenters. The standard InChI is InChI=1S/C10H13NO2.C6H13NO2.C5H8BrNO3/c1-13-10(12)9(11)7-8-5-3-2-4-6-8;1-3-4(2)5(7)6(8)9;1-3(5(9)10)7-4(8)2-6/h2-6,9H,7,11H2,1H3;4-5H,3,7H2,1-2H3,(H,8,9);3H,2H2,1H3,(H,7,8)(H,9,10). The Bertz CT molecular complexity index is 704. The number of nitrogens with two attached hydrogens (primary N) is 2. The van der Waals surface area contributed by atoms with E-state index >= 15 is 0 Å². The average molecular weight is 520 g/mol. The van der Waals surface area contributed by atoms with Crippen LogP contribution in [0.25, 0.3) is 0 Å². The Kier molecular flexibility index (Phi) is 17.9. The van der Waals surface area contributed by atoms with E-state index in [-0.39, 0.29) is 23.1 Å². The van der Waals surface area contributed by atoms with Gasteiger partial charge in [-0.2, -0.15) is 0 Å². The monoisotopic (exact) mass is 519 g/mol. The molecule has 0 aliphatic heterocycles. The predicted octanol–water partition coefficient (Wildman–Crippen LogP) is 1.14. The van der Waals surface area contributed by atoms with Gasteiger partial charge in [-0.15, -0.1) is 0 Å². The van der Waals surface area contributed by atoms with Gasteiger partial charge in [0.25, 0.3) is 0 Å². The lowest BCUT2D eigenvalue weighted by Crippen LogP contribution is -2.38. The van der Waals surface area contributed by atoms with Crippen LogP contribution in [0.5, 0.6) is 0 Å². The minimum atomic E-state index is -1.03. The Labute approximate surface area is 196 Å². The van der Waals surface area contributed by atoms with E-state index in [2.05, 4.69) is 26.0 Å². The van der Waals surface area contributed by atoms with Crippen molar-refractivity contribution in [1.29, 1.82) is 0 Å². The van der Waals surface area contributed by atoms with Gasteiger partial charge in [0.1, 0.15) is 18.1 Å². The topological polar surface area (TPSA) is 182 Å². The van der Waals surface area contributed by atoms with E-state index in [1.807, 2.05) is 44.2 Å². The van der Waals surface area contributed by atoms with Crippen molar-refractivity contribution in [2.45, 2.75) is 51.7 Å². The third-order valence-electron chi connectivity index (χ3n) is 4.21. The number of benzene rings is 1. The van der Waals surface area contributed by atoms with E-state index < -0.39 is 30.1 Å². The highest BCUT2D eigenvalue weighted by Crippen LogP contribution is 2.04. The van der Waals surface area contributed by atoms with Crippen molar-refractivity contribution in [3.8, 4) is 0 Å². The molecule has 4 unspecified atom stereocenters. The summed E-state index contributed by atoms with van der Waals surface area (Å²) >= 11 is 2.89. The summed E-state index contributed by atoms with van der Waals surface area (Å²) in [6.45, 7) is 5.16. The van der Waals surface area contributed by atoms with Gasteiger partial charge < -0.3 is 31.7 Å². The van der Waals surface area contributed by atoms with E-state index in [1.165, 1.54) is 14.0 Å². The largest absolute Gasteiger partial charge is 0.480 e. The number of aliphatic carboxylic acids is 2. The van der Waals surface area contributed by atoms with Crippen LogP contribution in [0.2, 0.25) is 0 Å². The molecule has 10 nitrogen and oxygen atoms in total. The van der Waals surface area contributed by atoms with Gasteiger partial charge in [0.15, 0.2) is 0 Å². The first-order valence-electron chi connectivity index (χ1n) is 9.84. The lowest BCUT2D eigenvalue weighted by molar-refractivity contribution is -0.142. The number of halogens is 1. The molecule has 0 bridgehead atoms. The van der Waals surface area contributed by atoms with Gasteiger partial charge in [0.2, 0.25) is 5.91 Å². The van der Waals surface area contributed by atoms with Crippen molar-refractivity contribution >= 4 is 39.7 Å². The van der Waals surface area contributed by atoms with Crippen LogP contribution < -0.4 is 16.8 Å². The number of rotatable bonds is 9. The highest BCUT2D eigenvalue weighted by molar-refractivity contribution is 9.09. The molecule has 0 spiro atoms. The molecular weight excluding hydrogens is 486 g/mol. The van der Waals surface area contributed by atoms with Crippen LogP contribution in [0, 0.1) is 5.92 Å². The third-order valence-corrected chi connectivity index (χ3v) is 4.72. The van der Waals surface area contributed by atoms with Crippen LogP contribution in [-0.4, -0.2) is 64.6 Å². The summed E-state index contributed by atoms with van der Waals surface area (Å²) in [5, 5.41) is 19.0. The molecule has 0 saturated carbocycles. The highest BCUT2D eigenvalue weighted by atomic mass is 79.9. The fraction of sp³-hybridized carbons (Fsp3) is 0.524. The van der Waals surface area contributed by atoms with Crippen LogP contribution in [0.1, 0.15) is 32.8 Å². The fourth-order valence-corrected chi connectivity index (χ4v) is 2.10. The number of amides is 1. The lowest BCUT2D eigenvalue weighted by atomic mass is 10.0. The van der Waals surface area contributed by atoms with Crippen molar-refractivity contribution in [2.75, 3.05) is 12.4 Å². The number of esters is 1. The second kappa shape index (κ2) is 18.1. The van der Waals surface area contributed by atoms with E-state index in [0.29, 0.717) is 6.42 Å². The molecule has 11 heteroatoms. The second-order valence-corrected chi connectivity index (χ2v) is 7.39. The van der Waals surface area contributed by atoms with Crippen LogP contribution >= 0.6 is 15.9 Å². The number of methoxy groups -OCH3 is 1. The van der Waals surface area contributed by atoms with Crippen LogP contribution in [-0.2, 0) is 30.3 Å². The number of nitrogens with one attached hydrogen (secondary N) is 1. The number of ether oxygens (including phenoxy) is 1. The maximum Gasteiger partial charge on any atom is 0.325 e. The summed E-state index contributed by atoms with van der Waals surface area (Å²) in [7, 11) is 1.34. The van der Waals surface area contributed by atoms with Gasteiger partial charge in [-0.05, 0) is 24.8 Å². The smallest absolute Gasteiger partial charge is 0.325 e. The summed E-state index contributed by atoms with van der Waals surface area (Å²) in [5.74, 6) is -2.57. The maximum absolute atomic E-state index is 11.0. The molecule has 7 N–H and O–H groups in total. The predicted molar refractivity (Wildman–Crippen MR) is 124 cm³/mol. The molecule has 1 aromatic rings. The molecule has 0 radical (unpaired) electrons. The zero-order chi connectivity index (χ0) is 25.3. The van der Waals surface area contributed by atoms with E-state index in [4.69, 9.17) is 21.7 Å². The molecule has 0 fully saturated rings. The van der Waals surface area contributed by atoms with Gasteiger partial charge in [0, 0.05) is 0 Å². The number of hydrogen-bond acceptors (Lipinski definition) is 7. The van der Waals surface area contributed by atoms with Crippen molar-refractivity contribution in [2.24, 2.45) is 17.4 Å². The number of carbonyl (C=O) groups excluding carboxylic acids is 2. The molecule has 1 amide bonds. The number of carboxylic acids is 2. The van der Waals surface area contributed by atoms with Crippen molar-refractivity contribution in [3.63, 3.8) is 0 Å². The van der Waals surface area contributed by atoms with Gasteiger partial charge in [-0.3, -0.25) is 19.2 Å². The van der Waals surface area contributed by atoms with E-state index in [1.54, 1.807) is 0 Å². The summed E-state index contributed by atoms with van der Waals surface area (Å²) in [4.78, 5) is 41.8. The first kappa shape index (κ1) is 31.7. The first-order chi connectivity index (χ1) is 14.9. The summed E-state index contributed by atoms with van der Waals surface area (Å²) in [6.07, 6.45) is 1.33. The minimum Gasteiger partial charge on any atom is -0.480 e. The number of alkyl halides is 1. The molecule has 1 rings (SSSR count). The third kappa shape index (κ3) is 15.3. The highest BCUT2D eigenvalue weighted by Gasteiger charge is 2.17. The zero-order valence-electron chi connectivity index (χ0n) is 18.8. The maximum atomic E-state index is 11.0. The molecule has 1 aromatic carbocycles. The molecule has 0 heterocycles. The van der Waals surface area contributed by atoms with Gasteiger partial charge in [-0.1, -0.05) is 66.5 Å². The fourth-order valence-electron chi connectivity index (χ4n) is 1.94. The Hall–Kier alpha value is -2.50. The summed E-state index contributed by atoms with van der Waals surface area (Å²) in [6, 6.07) is 7.55. The summed E-state index contributed by atoms with van der Waals surface area (Å²) in [5.41, 5.74) is 11.9. The van der Waals surface area contributed by atoms with Crippen molar-refractivity contribution in [1.82, 2.24) is 5.32 Å². The molecular formula is C21H34BrN3O7. The number of hydrogen-bond donors (Lipinski definition) is 5. The SMILES string of the molecule is CC(NC(=O)CBr)C(=O)O.CCC(C)C(N)C(=O)O.COC(=O)C(N)Cc1ccccc1. The Balaban J connectivity index is 0. The molecule has 32 heavy (non-hydrogen) atoms. The minimum absolute atomic E-state index is 0.0718. The van der Waals surface area contributed by atoms with Gasteiger partial charge in [-0.25, -0.2) is 0 Å². The molecule has 0 aliphatic carbocycles. The lowest BCUT2D eigenvalue weighted by Gasteiger charge is -2.11. The summed E-state index contributed by atoms with van der Waals surface area (Å²) < 4.78 is 4.52. The Morgan fingerprint density at radius 2 is 1.59 bits per heavy atom. The van der Waals surface area contributed by atoms with E-state index in [9.17, 15) is 19.2 Å². The Morgan fingerprint density at radius 3 is 1.94 bits per heavy atom. The normalized spacial score (nSPS) is 13.5. The number of carboxylic acid groups (broad SMARTS) is 2. The van der Waals surface area contributed by atoms with Crippen LogP contribution in [0.4, 0.5) is 0 Å². The van der Waals surface area contributed by atoms with E-state index in [0.717, 1.165) is 12.0 Å². The molecule has 182 valence electrons. The zero-order valence-corrected chi connectivity index (χ0v) is 20.4. The van der Waals surface area contributed by atoms with Gasteiger partial charge in [0.05, 0.1) is 12.4 Å². The van der Waals surface area contributed by atoms with Crippen molar-refractivity contribution < 1.29 is 34.1 Å². The number of carbonyl (C=O) groups is 4. The van der Waals surface area contributed by atoms with Crippen LogP contribution in [0.15, 0.2) is 30.3 Å².